The Morgan fingerprint density at radius 3 is 1.39 bits per heavy atom. The first-order valence-corrected chi connectivity index (χ1v) is 13.1. The molecule has 41 heavy (non-hydrogen) atoms. The number of hydrogen-bond donors (Lipinski definition) is 5. The number of nitrogens with one attached hydrogen (secondary N) is 2. The van der Waals surface area contributed by atoms with Gasteiger partial charge in [0, 0.05) is 35.6 Å². The molecule has 0 saturated carbocycles. The van der Waals surface area contributed by atoms with Crippen LogP contribution < -0.4 is 37.0 Å². The van der Waals surface area contributed by atoms with Gasteiger partial charge in [-0.2, -0.15) is 24.1 Å². The fraction of sp³-hybridized carbons (Fsp3) is 0.0645. The Balaban J connectivity index is 1.23. The van der Waals surface area contributed by atoms with Crippen molar-refractivity contribution in [1.29, 1.82) is 0 Å². The highest BCUT2D eigenvalue weighted by Crippen LogP contribution is 2.31. The van der Waals surface area contributed by atoms with E-state index >= 15 is 0 Å². The normalized spacial score (nSPS) is 11.5. The van der Waals surface area contributed by atoms with Crippen molar-refractivity contribution in [3.05, 3.63) is 84.9 Å². The lowest BCUT2D eigenvalue weighted by Gasteiger charge is -2.11. The van der Waals surface area contributed by atoms with E-state index in [1.54, 1.807) is 0 Å². The molecule has 0 aliphatic heterocycles. The summed E-state index contributed by atoms with van der Waals surface area (Å²) >= 11 is 0. The molecule has 3 aromatic heterocycles. The van der Waals surface area contributed by atoms with Crippen LogP contribution in [0.1, 0.15) is 0 Å². The number of anilines is 7. The Morgan fingerprint density at radius 1 is 0.512 bits per heavy atom. The van der Waals surface area contributed by atoms with Crippen molar-refractivity contribution >= 4 is 84.2 Å². The lowest BCUT2D eigenvalue weighted by Crippen LogP contribution is -2.30. The van der Waals surface area contributed by atoms with Gasteiger partial charge in [0.05, 0.1) is 32.9 Å². The highest BCUT2D eigenvalue weighted by Gasteiger charge is 2.18. The highest BCUT2D eigenvalue weighted by molar-refractivity contribution is 6.05. The summed E-state index contributed by atoms with van der Waals surface area (Å²) in [6, 6.07) is 28.1. The zero-order valence-electron chi connectivity index (χ0n) is 22.6. The molecule has 0 aliphatic carbocycles. The molecule has 0 radical (unpaired) electrons. The zero-order valence-corrected chi connectivity index (χ0v) is 22.6. The third-order valence-corrected chi connectivity index (χ3v) is 7.57. The van der Waals surface area contributed by atoms with Crippen LogP contribution in [-0.4, -0.2) is 15.0 Å². The van der Waals surface area contributed by atoms with Crippen LogP contribution in [0.15, 0.2) is 84.9 Å². The van der Waals surface area contributed by atoms with Gasteiger partial charge in [0.2, 0.25) is 39.9 Å². The minimum Gasteiger partial charge on any atom is -0.397 e. The number of rotatable bonds is 4. The minimum atomic E-state index is 0.0837. The molecule has 4 aromatic carbocycles. The molecule has 200 valence electrons. The van der Waals surface area contributed by atoms with E-state index in [1.807, 2.05) is 86.9 Å². The van der Waals surface area contributed by atoms with Crippen LogP contribution in [0.2, 0.25) is 0 Å². The quantitative estimate of drug-likeness (QED) is 0.163. The molecule has 0 spiro atoms. The smallest absolute Gasteiger partial charge is 0.233 e. The van der Waals surface area contributed by atoms with Crippen LogP contribution in [0.4, 0.5) is 40.6 Å². The van der Waals surface area contributed by atoms with Gasteiger partial charge in [0.1, 0.15) is 14.1 Å². The number of aromatic nitrogens is 5. The predicted molar refractivity (Wildman–Crippen MR) is 165 cm³/mol. The summed E-state index contributed by atoms with van der Waals surface area (Å²) in [7, 11) is 4.06. The maximum absolute atomic E-state index is 6.59. The maximum atomic E-state index is 6.59. The van der Waals surface area contributed by atoms with E-state index in [-0.39, 0.29) is 5.95 Å². The molecule has 0 saturated heterocycles. The lowest BCUT2D eigenvalue weighted by atomic mass is 10.1. The van der Waals surface area contributed by atoms with Crippen LogP contribution in [0.3, 0.4) is 0 Å². The van der Waals surface area contributed by atoms with Crippen molar-refractivity contribution in [2.75, 3.05) is 27.8 Å². The first kappa shape index (κ1) is 24.3. The Bertz CT molecular complexity index is 2020. The number of benzene rings is 4. The van der Waals surface area contributed by atoms with Crippen molar-refractivity contribution < 1.29 is 9.13 Å². The van der Waals surface area contributed by atoms with Crippen LogP contribution in [-0.2, 0) is 14.1 Å². The second-order valence-electron chi connectivity index (χ2n) is 10.0. The molecule has 0 amide bonds. The van der Waals surface area contributed by atoms with E-state index in [2.05, 4.69) is 46.9 Å². The van der Waals surface area contributed by atoms with Crippen molar-refractivity contribution in [2.24, 2.45) is 14.1 Å². The molecule has 7 aromatic rings. The molecular formula is C31H28N10+2. The monoisotopic (exact) mass is 540 g/mol. The van der Waals surface area contributed by atoms with Crippen LogP contribution in [0.25, 0.3) is 43.6 Å². The van der Waals surface area contributed by atoms with Gasteiger partial charge in [0.15, 0.2) is 0 Å². The largest absolute Gasteiger partial charge is 0.397 e. The second-order valence-corrected chi connectivity index (χ2v) is 10.0. The van der Waals surface area contributed by atoms with Gasteiger partial charge in [-0.05, 0) is 36.4 Å². The maximum Gasteiger partial charge on any atom is 0.233 e. The van der Waals surface area contributed by atoms with Gasteiger partial charge in [-0.3, -0.25) is 0 Å². The third-order valence-electron chi connectivity index (χ3n) is 7.57. The van der Waals surface area contributed by atoms with Gasteiger partial charge in [-0.25, -0.2) is 0 Å². The van der Waals surface area contributed by atoms with E-state index in [9.17, 15) is 0 Å². The third kappa shape index (κ3) is 4.00. The molecule has 0 fully saturated rings. The topological polar surface area (TPSA) is 149 Å². The summed E-state index contributed by atoms with van der Waals surface area (Å²) in [6.07, 6.45) is 0. The summed E-state index contributed by atoms with van der Waals surface area (Å²) < 4.78 is 4.26. The van der Waals surface area contributed by atoms with E-state index < -0.39 is 0 Å². The summed E-state index contributed by atoms with van der Waals surface area (Å²) in [6.45, 7) is 0. The minimum absolute atomic E-state index is 0.0837. The Kier molecular flexibility index (Phi) is 5.43. The van der Waals surface area contributed by atoms with E-state index in [0.29, 0.717) is 23.3 Å². The van der Waals surface area contributed by atoms with Gasteiger partial charge in [-0.1, -0.05) is 24.3 Å². The van der Waals surface area contributed by atoms with E-state index in [1.165, 1.54) is 0 Å². The SMILES string of the molecule is C[n+]1c2ccccc2c(N)c2cc(Nc3nc(N)nc(Nc4ccc5c(c4)c(N)c4ccccc4[n+]5C)n3)ccc21. The van der Waals surface area contributed by atoms with Gasteiger partial charge in [-0.15, -0.1) is 0 Å². The number of aryl methyl sites for hydroxylation is 2. The Hall–Kier alpha value is -5.77. The van der Waals surface area contributed by atoms with Crippen molar-refractivity contribution in [3.8, 4) is 0 Å². The molecule has 0 aliphatic rings. The van der Waals surface area contributed by atoms with Crippen LogP contribution >= 0.6 is 0 Å². The van der Waals surface area contributed by atoms with E-state index in [0.717, 1.165) is 55.0 Å². The fourth-order valence-corrected chi connectivity index (χ4v) is 5.54. The van der Waals surface area contributed by atoms with Gasteiger partial charge in [0.25, 0.3) is 0 Å². The number of para-hydroxylation sites is 2. The molecular weight excluding hydrogens is 512 g/mol. The Labute approximate surface area is 235 Å². The number of nitrogens with two attached hydrogens (primary N) is 3. The fourth-order valence-electron chi connectivity index (χ4n) is 5.54. The van der Waals surface area contributed by atoms with Gasteiger partial charge >= 0.3 is 0 Å². The number of nitrogen functional groups attached to an aromatic ring is 3. The first-order chi connectivity index (χ1) is 19.9. The molecule has 10 heteroatoms. The molecule has 0 atom stereocenters. The predicted octanol–water partition coefficient (Wildman–Crippen LogP) is 4.37. The summed E-state index contributed by atoms with van der Waals surface area (Å²) in [5, 5.41) is 10.3. The van der Waals surface area contributed by atoms with Crippen LogP contribution in [0, 0.1) is 0 Å². The van der Waals surface area contributed by atoms with Crippen LogP contribution in [0.5, 0.6) is 0 Å². The first-order valence-electron chi connectivity index (χ1n) is 13.1. The number of fused-ring (bicyclic) bond motifs is 4. The zero-order chi connectivity index (χ0) is 28.2. The van der Waals surface area contributed by atoms with Gasteiger partial charge < -0.3 is 27.8 Å². The van der Waals surface area contributed by atoms with Crippen molar-refractivity contribution in [1.82, 2.24) is 15.0 Å². The molecule has 7 rings (SSSR count). The second kappa shape index (κ2) is 9.16. The molecule has 8 N–H and O–H groups in total. The van der Waals surface area contributed by atoms with E-state index in [4.69, 9.17) is 17.2 Å². The average Bonchev–Trinajstić information content (AvgIpc) is 2.98. The standard InChI is InChI=1S/C31H26N10/c1-40-23-9-5-3-7-19(23)27(32)21-15-17(11-13-25(21)40)35-30-37-29(34)38-31(39-30)36-18-12-14-26-22(16-18)28(33)20-8-4-6-10-24(20)41(26)2/h3-16,32-33H,1-2H3,(H4,34,35,36,37,38,39)/p+2. The average molecular weight is 541 g/mol. The molecule has 3 heterocycles. The summed E-state index contributed by atoms with van der Waals surface area (Å²) in [5.41, 5.74) is 26.4. The van der Waals surface area contributed by atoms with Crippen molar-refractivity contribution in [3.63, 3.8) is 0 Å². The Morgan fingerprint density at radius 2 is 0.927 bits per heavy atom. The number of nitrogens with zero attached hydrogens (tertiary/aromatic N) is 5. The lowest BCUT2D eigenvalue weighted by molar-refractivity contribution is -0.617. The summed E-state index contributed by atoms with van der Waals surface area (Å²) in [4.78, 5) is 13.2. The highest BCUT2D eigenvalue weighted by atomic mass is 15.2. The number of pyridine rings is 2. The molecule has 0 unspecified atom stereocenters. The summed E-state index contributed by atoms with van der Waals surface area (Å²) in [5.74, 6) is 0.696. The molecule has 0 bridgehead atoms. The van der Waals surface area contributed by atoms with Crippen molar-refractivity contribution in [2.45, 2.75) is 0 Å². The number of hydrogen-bond acceptors (Lipinski definition) is 8. The molecule has 10 nitrogen and oxygen atoms in total.